The second kappa shape index (κ2) is 12.3. The highest BCUT2D eigenvalue weighted by molar-refractivity contribution is 6.24. The van der Waals surface area contributed by atoms with Crippen molar-refractivity contribution in [2.45, 2.75) is 0 Å². The number of nitriles is 1. The molecule has 0 saturated carbocycles. The SMILES string of the molecule is N#Cc1ccc2c(c1)c1cc(-c3ccc(-c4cc5c6ccccc6c(-c6cccc7ccccc67)cc5c5ccccc45)cn3)ccc1n2-c1ccccc1. The summed E-state index contributed by atoms with van der Waals surface area (Å²) in [6.07, 6.45) is 2.01. The molecule has 0 atom stereocenters. The number of hydrogen-bond donors (Lipinski definition) is 0. The normalized spacial score (nSPS) is 11.6. The van der Waals surface area contributed by atoms with Gasteiger partial charge in [0.2, 0.25) is 0 Å². The Balaban J connectivity index is 1.07. The van der Waals surface area contributed by atoms with Crippen LogP contribution in [0.2, 0.25) is 0 Å². The molecule has 0 aliphatic carbocycles. The van der Waals surface area contributed by atoms with Gasteiger partial charge in [-0.05, 0) is 120 Å². The highest BCUT2D eigenvalue weighted by Crippen LogP contribution is 2.43. The summed E-state index contributed by atoms with van der Waals surface area (Å²) >= 11 is 0. The lowest BCUT2D eigenvalue weighted by Crippen LogP contribution is -1.93. The van der Waals surface area contributed by atoms with E-state index < -0.39 is 0 Å². The van der Waals surface area contributed by atoms with Crippen LogP contribution in [-0.4, -0.2) is 9.55 Å². The predicted molar refractivity (Wildman–Crippen MR) is 230 cm³/mol. The van der Waals surface area contributed by atoms with Crippen LogP contribution in [0.25, 0.3) is 104 Å². The summed E-state index contributed by atoms with van der Waals surface area (Å²) in [7, 11) is 0. The Morgan fingerprint density at radius 2 is 1.00 bits per heavy atom. The molecule has 0 saturated heterocycles. The summed E-state index contributed by atoms with van der Waals surface area (Å²) in [5, 5.41) is 21.8. The summed E-state index contributed by atoms with van der Waals surface area (Å²) < 4.78 is 2.27. The summed E-state index contributed by atoms with van der Waals surface area (Å²) in [6.45, 7) is 0. The van der Waals surface area contributed by atoms with Crippen molar-refractivity contribution in [3.05, 3.63) is 194 Å². The van der Waals surface area contributed by atoms with Gasteiger partial charge in [0.15, 0.2) is 0 Å². The van der Waals surface area contributed by atoms with Crippen molar-refractivity contribution in [3.8, 4) is 45.3 Å². The van der Waals surface area contributed by atoms with E-state index in [4.69, 9.17) is 4.98 Å². The van der Waals surface area contributed by atoms with Gasteiger partial charge in [0.05, 0.1) is 28.4 Å². The summed E-state index contributed by atoms with van der Waals surface area (Å²) in [4.78, 5) is 5.08. The van der Waals surface area contributed by atoms with Crippen molar-refractivity contribution in [1.82, 2.24) is 9.55 Å². The summed E-state index contributed by atoms with van der Waals surface area (Å²) in [6, 6.07) is 67.1. The number of fused-ring (bicyclic) bond motifs is 9. The van der Waals surface area contributed by atoms with E-state index in [1.165, 1.54) is 54.2 Å². The zero-order valence-electron chi connectivity index (χ0n) is 29.7. The first-order valence-electron chi connectivity index (χ1n) is 18.6. The Morgan fingerprint density at radius 1 is 0.400 bits per heavy atom. The standard InChI is InChI=1S/C52H31N3/c53-31-33-21-25-51-48(27-33)49-28-35(23-26-52(49)55(51)37-13-2-1-3-14-37)50-24-22-36(32-54-50)44-29-46-43-19-9-8-18-42(43)45(30-47(46)41-17-7-6-16-40(41)44)39-20-10-12-34-11-4-5-15-38(34)39/h1-30,32H. The Bertz CT molecular complexity index is 3360. The molecule has 2 aromatic heterocycles. The molecule has 2 heterocycles. The molecule has 0 aliphatic rings. The molecule has 3 heteroatoms. The zero-order valence-corrected chi connectivity index (χ0v) is 29.7. The van der Waals surface area contributed by atoms with E-state index in [1.54, 1.807) is 0 Å². The molecular formula is C52H31N3. The van der Waals surface area contributed by atoms with Gasteiger partial charge in [0, 0.05) is 33.8 Å². The van der Waals surface area contributed by atoms with Gasteiger partial charge in [0.1, 0.15) is 0 Å². The first-order valence-corrected chi connectivity index (χ1v) is 18.6. The third-order valence-corrected chi connectivity index (χ3v) is 11.2. The molecule has 0 bridgehead atoms. The topological polar surface area (TPSA) is 41.6 Å². The van der Waals surface area contributed by atoms with Crippen molar-refractivity contribution < 1.29 is 0 Å². The molecular weight excluding hydrogens is 667 g/mol. The second-order valence-electron chi connectivity index (χ2n) is 14.2. The minimum absolute atomic E-state index is 0.646. The number of aromatic nitrogens is 2. The second-order valence-corrected chi connectivity index (χ2v) is 14.2. The van der Waals surface area contributed by atoms with Crippen LogP contribution < -0.4 is 0 Å². The summed E-state index contributed by atoms with van der Waals surface area (Å²) in [5.41, 5.74) is 10.6. The smallest absolute Gasteiger partial charge is 0.0991 e. The van der Waals surface area contributed by atoms with Crippen LogP contribution in [0.3, 0.4) is 0 Å². The van der Waals surface area contributed by atoms with E-state index in [2.05, 4.69) is 174 Å². The average Bonchev–Trinajstić information content (AvgIpc) is 3.59. The quantitative estimate of drug-likeness (QED) is 0.172. The molecule has 9 aromatic carbocycles. The van der Waals surface area contributed by atoms with Gasteiger partial charge < -0.3 is 4.57 Å². The van der Waals surface area contributed by atoms with Crippen LogP contribution in [0, 0.1) is 11.3 Å². The molecule has 11 rings (SSSR count). The third kappa shape index (κ3) is 4.86. The summed E-state index contributed by atoms with van der Waals surface area (Å²) in [5.74, 6) is 0. The number of nitrogens with zero attached hydrogens (tertiary/aromatic N) is 3. The maximum Gasteiger partial charge on any atom is 0.0991 e. The molecule has 0 N–H and O–H groups in total. The van der Waals surface area contributed by atoms with Crippen LogP contribution >= 0.6 is 0 Å². The van der Waals surface area contributed by atoms with Gasteiger partial charge in [-0.1, -0.05) is 121 Å². The van der Waals surface area contributed by atoms with E-state index in [9.17, 15) is 5.26 Å². The van der Waals surface area contributed by atoms with Gasteiger partial charge in [-0.25, -0.2) is 0 Å². The van der Waals surface area contributed by atoms with Crippen molar-refractivity contribution in [2.24, 2.45) is 0 Å². The number of rotatable bonds is 4. The van der Waals surface area contributed by atoms with E-state index >= 15 is 0 Å². The molecule has 0 unspecified atom stereocenters. The number of pyridine rings is 1. The van der Waals surface area contributed by atoms with Gasteiger partial charge in [-0.15, -0.1) is 0 Å². The lowest BCUT2D eigenvalue weighted by Gasteiger charge is -2.17. The molecule has 254 valence electrons. The van der Waals surface area contributed by atoms with Gasteiger partial charge in [0.25, 0.3) is 0 Å². The number of hydrogen-bond acceptors (Lipinski definition) is 2. The van der Waals surface area contributed by atoms with Crippen molar-refractivity contribution in [1.29, 1.82) is 5.26 Å². The van der Waals surface area contributed by atoms with Crippen molar-refractivity contribution >= 4 is 64.9 Å². The molecule has 55 heavy (non-hydrogen) atoms. The van der Waals surface area contributed by atoms with E-state index in [0.717, 1.165) is 49.9 Å². The van der Waals surface area contributed by atoms with Crippen molar-refractivity contribution in [2.75, 3.05) is 0 Å². The van der Waals surface area contributed by atoms with Gasteiger partial charge >= 0.3 is 0 Å². The Morgan fingerprint density at radius 3 is 1.73 bits per heavy atom. The van der Waals surface area contributed by atoms with E-state index in [-0.39, 0.29) is 0 Å². The molecule has 3 nitrogen and oxygen atoms in total. The minimum atomic E-state index is 0.646. The molecule has 0 spiro atoms. The fourth-order valence-corrected chi connectivity index (χ4v) is 8.70. The Kier molecular flexibility index (Phi) is 6.92. The van der Waals surface area contributed by atoms with E-state index in [1.807, 2.05) is 24.4 Å². The number of benzene rings is 9. The Labute approximate surface area is 317 Å². The van der Waals surface area contributed by atoms with Gasteiger partial charge in [-0.3, -0.25) is 4.98 Å². The van der Waals surface area contributed by atoms with Crippen LogP contribution in [0.15, 0.2) is 188 Å². The lowest BCUT2D eigenvalue weighted by atomic mass is 9.87. The predicted octanol–water partition coefficient (Wildman–Crippen LogP) is 13.7. The molecule has 0 amide bonds. The lowest BCUT2D eigenvalue weighted by molar-refractivity contribution is 1.18. The molecule has 0 aliphatic heterocycles. The fourth-order valence-electron chi connectivity index (χ4n) is 8.70. The average molecular weight is 698 g/mol. The van der Waals surface area contributed by atoms with Gasteiger partial charge in [-0.2, -0.15) is 5.26 Å². The maximum absolute atomic E-state index is 9.75. The largest absolute Gasteiger partial charge is 0.309 e. The maximum atomic E-state index is 9.75. The first kappa shape index (κ1) is 31.0. The third-order valence-electron chi connectivity index (χ3n) is 11.2. The molecule has 0 radical (unpaired) electrons. The molecule has 11 aromatic rings. The van der Waals surface area contributed by atoms with Crippen LogP contribution in [0.4, 0.5) is 0 Å². The highest BCUT2D eigenvalue weighted by atomic mass is 15.0. The van der Waals surface area contributed by atoms with Crippen LogP contribution in [0.5, 0.6) is 0 Å². The minimum Gasteiger partial charge on any atom is -0.309 e. The highest BCUT2D eigenvalue weighted by Gasteiger charge is 2.17. The number of para-hydroxylation sites is 1. The van der Waals surface area contributed by atoms with Crippen LogP contribution in [0.1, 0.15) is 5.56 Å². The monoisotopic (exact) mass is 697 g/mol. The first-order chi connectivity index (χ1) is 27.2. The zero-order chi connectivity index (χ0) is 36.5. The van der Waals surface area contributed by atoms with Crippen LogP contribution in [-0.2, 0) is 0 Å². The molecule has 0 fully saturated rings. The van der Waals surface area contributed by atoms with Crippen molar-refractivity contribution in [3.63, 3.8) is 0 Å². The Hall–Kier alpha value is -7.54. The fraction of sp³-hybridized carbons (Fsp3) is 0. The van der Waals surface area contributed by atoms with E-state index in [0.29, 0.717) is 5.56 Å².